The van der Waals surface area contributed by atoms with Crippen molar-refractivity contribution in [1.29, 1.82) is 0 Å². The topological polar surface area (TPSA) is 63.5 Å². The van der Waals surface area contributed by atoms with Crippen molar-refractivity contribution in [2.24, 2.45) is 4.99 Å². The van der Waals surface area contributed by atoms with E-state index in [9.17, 15) is 9.59 Å². The molecule has 0 saturated heterocycles. The molecule has 168 valence electrons. The fourth-order valence-electron chi connectivity index (χ4n) is 3.99. The fourth-order valence-corrected chi connectivity index (χ4v) is 5.30. The number of hydrogen-bond acceptors (Lipinski definition) is 4. The number of amides is 1. The standard InChI is InChI=1S/C27H20BrN3O2S/c1-17-23(25(32)30-21-10-6-3-7-11-21)24(19-8-4-2-5-9-19)31-26(33)22(34-27(31)29-17)16-18-12-14-20(28)15-13-18/h2-16,24H,1H3,(H,30,32)/b22-16-/t24-/m1/s1. The number of para-hydroxylation sites is 1. The second-order valence-corrected chi connectivity index (χ2v) is 9.79. The SMILES string of the molecule is CC1=C(C(=O)Nc2ccccc2)[C@@H](c2ccccc2)n2c(s/c(=C\c3ccc(Br)cc3)c2=O)=N1. The number of benzene rings is 3. The molecule has 0 radical (unpaired) electrons. The quantitative estimate of drug-likeness (QED) is 0.418. The first-order valence-electron chi connectivity index (χ1n) is 10.7. The summed E-state index contributed by atoms with van der Waals surface area (Å²) in [7, 11) is 0. The van der Waals surface area contributed by atoms with Crippen LogP contribution in [0.5, 0.6) is 0 Å². The van der Waals surface area contributed by atoms with Gasteiger partial charge in [0.15, 0.2) is 4.80 Å². The molecule has 0 fully saturated rings. The molecular formula is C27H20BrN3O2S. The molecule has 3 aromatic carbocycles. The van der Waals surface area contributed by atoms with Crippen molar-refractivity contribution in [2.45, 2.75) is 13.0 Å². The van der Waals surface area contributed by atoms with Crippen LogP contribution in [0.2, 0.25) is 0 Å². The lowest BCUT2D eigenvalue weighted by Gasteiger charge is -2.25. The van der Waals surface area contributed by atoms with Gasteiger partial charge < -0.3 is 5.32 Å². The second kappa shape index (κ2) is 9.37. The summed E-state index contributed by atoms with van der Waals surface area (Å²) < 4.78 is 3.18. The number of aromatic nitrogens is 1. The summed E-state index contributed by atoms with van der Waals surface area (Å²) in [5.74, 6) is -0.275. The Bertz CT molecular complexity index is 1570. The zero-order chi connectivity index (χ0) is 23.7. The molecule has 1 aliphatic rings. The molecule has 4 aromatic rings. The number of carbonyl (C=O) groups is 1. The number of halogens is 1. The zero-order valence-corrected chi connectivity index (χ0v) is 20.6. The Morgan fingerprint density at radius 2 is 1.65 bits per heavy atom. The molecule has 34 heavy (non-hydrogen) atoms. The largest absolute Gasteiger partial charge is 0.322 e. The van der Waals surface area contributed by atoms with E-state index >= 15 is 0 Å². The number of anilines is 1. The zero-order valence-electron chi connectivity index (χ0n) is 18.2. The third-order valence-electron chi connectivity index (χ3n) is 5.58. The van der Waals surface area contributed by atoms with E-state index in [4.69, 9.17) is 0 Å². The average Bonchev–Trinajstić information content (AvgIpc) is 3.15. The molecule has 0 unspecified atom stereocenters. The molecule has 2 heterocycles. The summed E-state index contributed by atoms with van der Waals surface area (Å²) in [5, 5.41) is 2.96. The third kappa shape index (κ3) is 4.32. The molecule has 7 heteroatoms. The number of allylic oxidation sites excluding steroid dienone is 1. The fraction of sp³-hybridized carbons (Fsp3) is 0.0741. The predicted octanol–water partition coefficient (Wildman–Crippen LogP) is 4.64. The van der Waals surface area contributed by atoms with Crippen LogP contribution < -0.4 is 20.2 Å². The average molecular weight is 530 g/mol. The number of fused-ring (bicyclic) bond motifs is 1. The predicted molar refractivity (Wildman–Crippen MR) is 139 cm³/mol. The lowest BCUT2D eigenvalue weighted by Crippen LogP contribution is -2.40. The first-order chi connectivity index (χ1) is 16.5. The maximum absolute atomic E-state index is 13.6. The van der Waals surface area contributed by atoms with Crippen molar-refractivity contribution in [3.8, 4) is 0 Å². The first-order valence-corrected chi connectivity index (χ1v) is 12.3. The van der Waals surface area contributed by atoms with Gasteiger partial charge in [0.1, 0.15) is 0 Å². The van der Waals surface area contributed by atoms with E-state index in [1.165, 1.54) is 11.3 Å². The molecule has 0 bridgehead atoms. The van der Waals surface area contributed by atoms with Crippen LogP contribution in [0, 0.1) is 0 Å². The van der Waals surface area contributed by atoms with Crippen LogP contribution in [0.25, 0.3) is 6.08 Å². The van der Waals surface area contributed by atoms with Crippen LogP contribution in [0.15, 0.2) is 110 Å². The first kappa shape index (κ1) is 22.3. The van der Waals surface area contributed by atoms with Gasteiger partial charge in [-0.2, -0.15) is 0 Å². The van der Waals surface area contributed by atoms with E-state index in [0.29, 0.717) is 26.3 Å². The Hall–Kier alpha value is -3.55. The van der Waals surface area contributed by atoms with Gasteiger partial charge in [-0.05, 0) is 48.4 Å². The van der Waals surface area contributed by atoms with Gasteiger partial charge in [0.2, 0.25) is 0 Å². The highest BCUT2D eigenvalue weighted by atomic mass is 79.9. The van der Waals surface area contributed by atoms with Crippen molar-refractivity contribution >= 4 is 44.9 Å². The normalized spacial score (nSPS) is 15.6. The lowest BCUT2D eigenvalue weighted by atomic mass is 9.95. The number of hydrogen-bond donors (Lipinski definition) is 1. The minimum atomic E-state index is -0.576. The van der Waals surface area contributed by atoms with Gasteiger partial charge >= 0.3 is 0 Å². The third-order valence-corrected chi connectivity index (χ3v) is 7.09. The van der Waals surface area contributed by atoms with Crippen LogP contribution in [0.1, 0.15) is 24.1 Å². The maximum Gasteiger partial charge on any atom is 0.271 e. The van der Waals surface area contributed by atoms with Crippen LogP contribution in [-0.4, -0.2) is 10.5 Å². The Kier molecular flexibility index (Phi) is 6.13. The van der Waals surface area contributed by atoms with Crippen LogP contribution in [0.4, 0.5) is 5.69 Å². The van der Waals surface area contributed by atoms with E-state index in [2.05, 4.69) is 26.2 Å². The Morgan fingerprint density at radius 1 is 1.00 bits per heavy atom. The molecular weight excluding hydrogens is 510 g/mol. The molecule has 5 rings (SSSR count). The van der Waals surface area contributed by atoms with Crippen LogP contribution >= 0.6 is 27.3 Å². The number of rotatable bonds is 4. The molecule has 1 N–H and O–H groups in total. The van der Waals surface area contributed by atoms with E-state index in [1.807, 2.05) is 97.9 Å². The lowest BCUT2D eigenvalue weighted by molar-refractivity contribution is -0.113. The van der Waals surface area contributed by atoms with E-state index in [-0.39, 0.29) is 11.5 Å². The maximum atomic E-state index is 13.6. The van der Waals surface area contributed by atoms with Gasteiger partial charge in [0, 0.05) is 10.2 Å². The molecule has 0 spiro atoms. The molecule has 1 atom stereocenters. The van der Waals surface area contributed by atoms with Crippen molar-refractivity contribution in [1.82, 2.24) is 4.57 Å². The smallest absolute Gasteiger partial charge is 0.271 e. The van der Waals surface area contributed by atoms with E-state index in [0.717, 1.165) is 15.6 Å². The minimum absolute atomic E-state index is 0.168. The van der Waals surface area contributed by atoms with Crippen molar-refractivity contribution in [2.75, 3.05) is 5.32 Å². The Morgan fingerprint density at radius 3 is 2.32 bits per heavy atom. The molecule has 5 nitrogen and oxygen atoms in total. The monoisotopic (exact) mass is 529 g/mol. The van der Waals surface area contributed by atoms with Crippen LogP contribution in [0.3, 0.4) is 0 Å². The number of carbonyl (C=O) groups excluding carboxylic acids is 1. The number of nitrogens with one attached hydrogen (secondary N) is 1. The molecule has 1 aliphatic heterocycles. The van der Waals surface area contributed by atoms with Gasteiger partial charge in [0.05, 0.1) is 21.8 Å². The Labute approximate surface area is 208 Å². The van der Waals surface area contributed by atoms with Crippen molar-refractivity contribution in [3.05, 3.63) is 131 Å². The van der Waals surface area contributed by atoms with Crippen molar-refractivity contribution in [3.63, 3.8) is 0 Å². The van der Waals surface area contributed by atoms with E-state index in [1.54, 1.807) is 4.57 Å². The highest BCUT2D eigenvalue weighted by Crippen LogP contribution is 2.30. The summed E-state index contributed by atoms with van der Waals surface area (Å²) in [5.41, 5.74) is 3.34. The highest BCUT2D eigenvalue weighted by molar-refractivity contribution is 9.10. The van der Waals surface area contributed by atoms with Gasteiger partial charge in [-0.1, -0.05) is 87.9 Å². The van der Waals surface area contributed by atoms with Crippen LogP contribution in [-0.2, 0) is 4.79 Å². The van der Waals surface area contributed by atoms with Crippen molar-refractivity contribution < 1.29 is 4.79 Å². The molecule has 0 saturated carbocycles. The molecule has 1 aromatic heterocycles. The van der Waals surface area contributed by atoms with Gasteiger partial charge in [-0.3, -0.25) is 14.2 Å². The van der Waals surface area contributed by atoms with Gasteiger partial charge in [0.25, 0.3) is 11.5 Å². The van der Waals surface area contributed by atoms with Gasteiger partial charge in [-0.25, -0.2) is 4.99 Å². The Balaban J connectivity index is 1.66. The minimum Gasteiger partial charge on any atom is -0.322 e. The van der Waals surface area contributed by atoms with Gasteiger partial charge in [-0.15, -0.1) is 0 Å². The molecule has 1 amide bonds. The summed E-state index contributed by atoms with van der Waals surface area (Å²) in [6.07, 6.45) is 1.86. The molecule has 0 aliphatic carbocycles. The number of nitrogens with zero attached hydrogens (tertiary/aromatic N) is 2. The highest BCUT2D eigenvalue weighted by Gasteiger charge is 2.32. The summed E-state index contributed by atoms with van der Waals surface area (Å²) in [6, 6.07) is 26.1. The van der Waals surface area contributed by atoms with E-state index < -0.39 is 6.04 Å². The second-order valence-electron chi connectivity index (χ2n) is 7.86. The summed E-state index contributed by atoms with van der Waals surface area (Å²) >= 11 is 4.77. The number of thiazole rings is 1. The summed E-state index contributed by atoms with van der Waals surface area (Å²) in [6.45, 7) is 1.82. The summed E-state index contributed by atoms with van der Waals surface area (Å²) in [4.78, 5) is 32.3.